The van der Waals surface area contributed by atoms with Crippen molar-refractivity contribution in [1.82, 2.24) is 13.9 Å². The van der Waals surface area contributed by atoms with Gasteiger partial charge >= 0.3 is 5.97 Å². The van der Waals surface area contributed by atoms with Gasteiger partial charge in [-0.1, -0.05) is 0 Å². The van der Waals surface area contributed by atoms with Crippen molar-refractivity contribution in [1.29, 1.82) is 0 Å². The molecule has 2 aromatic rings. The molecule has 8 nitrogen and oxygen atoms in total. The second kappa shape index (κ2) is 6.50. The van der Waals surface area contributed by atoms with Crippen LogP contribution in [0, 0.1) is 0 Å². The molecule has 1 saturated heterocycles. The molecule has 1 aromatic carbocycles. The Labute approximate surface area is 139 Å². The van der Waals surface area contributed by atoms with Crippen LogP contribution in [0.2, 0.25) is 0 Å². The average Bonchev–Trinajstić information content (AvgIpc) is 2.89. The van der Waals surface area contributed by atoms with E-state index in [1.165, 1.54) is 4.31 Å². The second-order valence-electron chi connectivity index (χ2n) is 5.65. The SMILES string of the molecule is Cn1c(CCC(=O)O)nc2cc(S(=O)(=O)N3CCOCC3)ccc21. The quantitative estimate of drug-likeness (QED) is 0.845. The summed E-state index contributed by atoms with van der Waals surface area (Å²) < 4.78 is 33.8. The summed E-state index contributed by atoms with van der Waals surface area (Å²) in [6.45, 7) is 1.47. The van der Waals surface area contributed by atoms with E-state index < -0.39 is 16.0 Å². The number of rotatable bonds is 5. The topological polar surface area (TPSA) is 102 Å². The number of hydrogen-bond acceptors (Lipinski definition) is 5. The molecule has 0 spiro atoms. The monoisotopic (exact) mass is 353 g/mol. The lowest BCUT2D eigenvalue weighted by Crippen LogP contribution is -2.40. The molecular weight excluding hydrogens is 334 g/mol. The fourth-order valence-electron chi connectivity index (χ4n) is 2.77. The van der Waals surface area contributed by atoms with Gasteiger partial charge in [0.1, 0.15) is 5.82 Å². The third-order valence-electron chi connectivity index (χ3n) is 4.12. The Morgan fingerprint density at radius 1 is 1.33 bits per heavy atom. The molecule has 0 saturated carbocycles. The number of nitrogens with zero attached hydrogens (tertiary/aromatic N) is 3. The van der Waals surface area contributed by atoms with Crippen LogP contribution in [0.25, 0.3) is 11.0 Å². The molecule has 130 valence electrons. The summed E-state index contributed by atoms with van der Waals surface area (Å²) in [6.07, 6.45) is 0.280. The van der Waals surface area contributed by atoms with Crippen LogP contribution in [0.4, 0.5) is 0 Å². The highest BCUT2D eigenvalue weighted by molar-refractivity contribution is 7.89. The van der Waals surface area contributed by atoms with E-state index in [-0.39, 0.29) is 11.3 Å². The summed E-state index contributed by atoms with van der Waals surface area (Å²) in [5, 5.41) is 8.80. The first-order valence-corrected chi connectivity index (χ1v) is 9.08. The summed E-state index contributed by atoms with van der Waals surface area (Å²) in [7, 11) is -1.78. The van der Waals surface area contributed by atoms with E-state index in [4.69, 9.17) is 9.84 Å². The number of aryl methyl sites for hydroxylation is 2. The van der Waals surface area contributed by atoms with Crippen LogP contribution in [-0.2, 0) is 33.0 Å². The van der Waals surface area contributed by atoms with Gasteiger partial charge < -0.3 is 14.4 Å². The molecule has 9 heteroatoms. The molecule has 0 aliphatic carbocycles. The number of sulfonamides is 1. The minimum Gasteiger partial charge on any atom is -0.481 e. The lowest BCUT2D eigenvalue weighted by Gasteiger charge is -2.26. The lowest BCUT2D eigenvalue weighted by atomic mass is 10.3. The fourth-order valence-corrected chi connectivity index (χ4v) is 4.20. The number of carbonyl (C=O) groups is 1. The van der Waals surface area contributed by atoms with Gasteiger partial charge in [-0.2, -0.15) is 4.31 Å². The van der Waals surface area contributed by atoms with Crippen LogP contribution in [0.15, 0.2) is 23.1 Å². The summed E-state index contributed by atoms with van der Waals surface area (Å²) in [5.41, 5.74) is 1.32. The minimum absolute atomic E-state index is 0.0178. The van der Waals surface area contributed by atoms with Gasteiger partial charge in [-0.15, -0.1) is 0 Å². The number of morpholine rings is 1. The highest BCUT2D eigenvalue weighted by atomic mass is 32.2. The number of carboxylic acids is 1. The van der Waals surface area contributed by atoms with E-state index in [0.717, 1.165) is 5.52 Å². The first-order chi connectivity index (χ1) is 11.4. The Morgan fingerprint density at radius 2 is 2.04 bits per heavy atom. The zero-order valence-corrected chi connectivity index (χ0v) is 14.1. The molecule has 3 rings (SSSR count). The maximum atomic E-state index is 12.7. The number of benzene rings is 1. The van der Waals surface area contributed by atoms with E-state index in [9.17, 15) is 13.2 Å². The van der Waals surface area contributed by atoms with Crippen molar-refractivity contribution < 1.29 is 23.1 Å². The van der Waals surface area contributed by atoms with Crippen molar-refractivity contribution in [2.45, 2.75) is 17.7 Å². The number of imidazole rings is 1. The van der Waals surface area contributed by atoms with Gasteiger partial charge in [0.05, 0.1) is 35.6 Å². The maximum absolute atomic E-state index is 12.7. The van der Waals surface area contributed by atoms with Crippen LogP contribution in [0.1, 0.15) is 12.2 Å². The Bertz CT molecular complexity index is 869. The molecule has 0 unspecified atom stereocenters. The lowest BCUT2D eigenvalue weighted by molar-refractivity contribution is -0.137. The van der Waals surface area contributed by atoms with Crippen LogP contribution in [0.3, 0.4) is 0 Å². The van der Waals surface area contributed by atoms with E-state index in [0.29, 0.717) is 44.1 Å². The van der Waals surface area contributed by atoms with E-state index in [1.54, 1.807) is 29.8 Å². The highest BCUT2D eigenvalue weighted by Gasteiger charge is 2.27. The van der Waals surface area contributed by atoms with Gasteiger partial charge in [0, 0.05) is 26.6 Å². The van der Waals surface area contributed by atoms with Gasteiger partial charge in [-0.25, -0.2) is 13.4 Å². The maximum Gasteiger partial charge on any atom is 0.303 e. The minimum atomic E-state index is -3.57. The van der Waals surface area contributed by atoms with E-state index >= 15 is 0 Å². The molecular formula is C15H19N3O5S. The van der Waals surface area contributed by atoms with Crippen LogP contribution in [-0.4, -0.2) is 59.7 Å². The summed E-state index contributed by atoms with van der Waals surface area (Å²) in [5.74, 6) is -0.272. The molecule has 2 heterocycles. The summed E-state index contributed by atoms with van der Waals surface area (Å²) in [6, 6.07) is 4.82. The number of fused-ring (bicyclic) bond motifs is 1. The van der Waals surface area contributed by atoms with E-state index in [1.807, 2.05) is 0 Å². The second-order valence-corrected chi connectivity index (χ2v) is 7.59. The van der Waals surface area contributed by atoms with Gasteiger partial charge in [-0.3, -0.25) is 4.79 Å². The zero-order valence-electron chi connectivity index (χ0n) is 13.3. The molecule has 0 radical (unpaired) electrons. The van der Waals surface area contributed by atoms with Crippen molar-refractivity contribution in [3.8, 4) is 0 Å². The van der Waals surface area contributed by atoms with Gasteiger partial charge in [0.15, 0.2) is 0 Å². The first-order valence-electron chi connectivity index (χ1n) is 7.64. The number of aliphatic carboxylic acids is 1. The van der Waals surface area contributed by atoms with Gasteiger partial charge in [0.2, 0.25) is 10.0 Å². The van der Waals surface area contributed by atoms with Crippen molar-refractivity contribution in [2.24, 2.45) is 7.05 Å². The summed E-state index contributed by atoms with van der Waals surface area (Å²) >= 11 is 0. The van der Waals surface area contributed by atoms with Crippen LogP contribution in [0.5, 0.6) is 0 Å². The van der Waals surface area contributed by atoms with Crippen LogP contribution >= 0.6 is 0 Å². The Kier molecular flexibility index (Phi) is 4.57. The van der Waals surface area contributed by atoms with Crippen molar-refractivity contribution >= 4 is 27.0 Å². The van der Waals surface area contributed by atoms with Crippen molar-refractivity contribution in [2.75, 3.05) is 26.3 Å². The highest BCUT2D eigenvalue weighted by Crippen LogP contribution is 2.23. The Hall–Kier alpha value is -1.97. The number of ether oxygens (including phenoxy) is 1. The molecule has 1 fully saturated rings. The largest absolute Gasteiger partial charge is 0.481 e. The number of aromatic nitrogens is 2. The predicted octanol–water partition coefficient (Wildman–Crippen LogP) is 0.611. The number of carboxylic acid groups (broad SMARTS) is 1. The number of hydrogen-bond donors (Lipinski definition) is 1. The predicted molar refractivity (Wildman–Crippen MR) is 86.2 cm³/mol. The average molecular weight is 353 g/mol. The molecule has 1 aliphatic heterocycles. The first kappa shape index (κ1) is 16.9. The molecule has 0 amide bonds. The van der Waals surface area contributed by atoms with E-state index in [2.05, 4.69) is 4.98 Å². The Morgan fingerprint density at radius 3 is 2.71 bits per heavy atom. The van der Waals surface area contributed by atoms with Crippen molar-refractivity contribution in [3.05, 3.63) is 24.0 Å². The molecule has 0 bridgehead atoms. The zero-order chi connectivity index (χ0) is 17.3. The molecule has 24 heavy (non-hydrogen) atoms. The normalized spacial score (nSPS) is 16.5. The molecule has 1 aliphatic rings. The molecule has 0 atom stereocenters. The molecule has 1 N–H and O–H groups in total. The molecule has 1 aromatic heterocycles. The third-order valence-corrected chi connectivity index (χ3v) is 6.01. The Balaban J connectivity index is 1.94. The van der Waals surface area contributed by atoms with Gasteiger partial charge in [-0.05, 0) is 18.2 Å². The summed E-state index contributed by atoms with van der Waals surface area (Å²) in [4.78, 5) is 15.3. The smallest absolute Gasteiger partial charge is 0.303 e. The fraction of sp³-hybridized carbons (Fsp3) is 0.467. The van der Waals surface area contributed by atoms with Crippen LogP contribution < -0.4 is 0 Å². The standard InChI is InChI=1S/C15H19N3O5S/c1-17-13-3-2-11(24(21,22)18-6-8-23-9-7-18)10-12(13)16-14(17)4-5-15(19)20/h2-3,10H,4-9H2,1H3,(H,19,20). The van der Waals surface area contributed by atoms with Gasteiger partial charge in [0.25, 0.3) is 0 Å². The third kappa shape index (κ3) is 3.14. The van der Waals surface area contributed by atoms with Crippen molar-refractivity contribution in [3.63, 3.8) is 0 Å².